The standard InChI is InChI=1S/C21H24FNO2.C3H10N2.CH4S/c1-14(18-9-19(22)12-21(11-18)25-2)23-20-8-7-17(10-20)16-5-3-15(13-24)4-6-16;1-5-3-2-4;1-2/h3-6,9,11-14,17,20,23H,7-8,10H2,1-2H3;5H,2-4H2,1H3;2H,1H3. The zero-order chi connectivity index (χ0) is 23.9. The molecule has 5 nitrogen and oxygen atoms in total. The molecule has 0 saturated heterocycles. The van der Waals surface area contributed by atoms with Crippen LogP contribution >= 0.6 is 12.6 Å². The number of nitrogens with one attached hydrogen (secondary N) is 2. The van der Waals surface area contributed by atoms with E-state index in [2.05, 4.69) is 42.3 Å². The molecular formula is C25H38FN3O2S. The highest BCUT2D eigenvalue weighted by Crippen LogP contribution is 2.35. The number of carbonyl (C=O) groups excluding carboxylic acids is 1. The van der Waals surface area contributed by atoms with Crippen molar-refractivity contribution in [1.29, 1.82) is 0 Å². The Labute approximate surface area is 197 Å². The van der Waals surface area contributed by atoms with Gasteiger partial charge in [-0.1, -0.05) is 24.3 Å². The number of nitrogens with two attached hydrogens (primary N) is 1. The van der Waals surface area contributed by atoms with Gasteiger partial charge in [-0.3, -0.25) is 4.79 Å². The van der Waals surface area contributed by atoms with E-state index in [1.165, 1.54) is 11.6 Å². The molecule has 0 radical (unpaired) electrons. The summed E-state index contributed by atoms with van der Waals surface area (Å²) in [4.78, 5) is 10.8. The number of aldehydes is 1. The average Bonchev–Trinajstić information content (AvgIpc) is 3.29. The second-order valence-electron chi connectivity index (χ2n) is 7.70. The Morgan fingerprint density at radius 3 is 2.44 bits per heavy atom. The van der Waals surface area contributed by atoms with E-state index in [1.54, 1.807) is 19.4 Å². The molecule has 32 heavy (non-hydrogen) atoms. The Morgan fingerprint density at radius 1 is 1.22 bits per heavy atom. The third-order valence-electron chi connectivity index (χ3n) is 5.49. The Kier molecular flexibility index (Phi) is 13.9. The second kappa shape index (κ2) is 15.8. The summed E-state index contributed by atoms with van der Waals surface area (Å²) in [5.74, 6) is 0.776. The van der Waals surface area contributed by atoms with Gasteiger partial charge in [0.05, 0.1) is 7.11 Å². The molecule has 2 aromatic carbocycles. The lowest BCUT2D eigenvalue weighted by Crippen LogP contribution is -2.29. The third kappa shape index (κ3) is 9.28. The van der Waals surface area contributed by atoms with Crippen LogP contribution in [0, 0.1) is 5.82 Å². The van der Waals surface area contributed by atoms with Crippen LogP contribution in [-0.2, 0) is 0 Å². The lowest BCUT2D eigenvalue weighted by Gasteiger charge is -2.21. The topological polar surface area (TPSA) is 76.4 Å². The number of ether oxygens (including phenoxy) is 1. The van der Waals surface area contributed by atoms with E-state index in [-0.39, 0.29) is 11.9 Å². The predicted octanol–water partition coefficient (Wildman–Crippen LogP) is 4.34. The lowest BCUT2D eigenvalue weighted by molar-refractivity contribution is 0.112. The molecule has 0 spiro atoms. The van der Waals surface area contributed by atoms with E-state index in [1.807, 2.05) is 25.2 Å². The zero-order valence-electron chi connectivity index (χ0n) is 19.6. The first kappa shape index (κ1) is 28.1. The summed E-state index contributed by atoms with van der Waals surface area (Å²) in [6, 6.07) is 13.2. The first-order valence-electron chi connectivity index (χ1n) is 11.0. The molecule has 3 atom stereocenters. The monoisotopic (exact) mass is 463 g/mol. The van der Waals surface area contributed by atoms with E-state index in [0.29, 0.717) is 23.3 Å². The fourth-order valence-electron chi connectivity index (χ4n) is 3.83. The molecule has 3 unspecified atom stereocenters. The highest BCUT2D eigenvalue weighted by atomic mass is 32.1. The molecule has 1 aliphatic carbocycles. The minimum atomic E-state index is -0.275. The van der Waals surface area contributed by atoms with Gasteiger partial charge in [0.2, 0.25) is 0 Å². The van der Waals surface area contributed by atoms with Gasteiger partial charge in [0, 0.05) is 36.8 Å². The van der Waals surface area contributed by atoms with Crippen molar-refractivity contribution < 1.29 is 13.9 Å². The molecule has 0 bridgehead atoms. The maximum atomic E-state index is 13.7. The molecule has 1 aliphatic rings. The minimum absolute atomic E-state index is 0.0609. The van der Waals surface area contributed by atoms with Crippen LogP contribution in [0.1, 0.15) is 59.6 Å². The normalized spacial score (nSPS) is 18.0. The molecule has 1 fully saturated rings. The molecule has 0 heterocycles. The Morgan fingerprint density at radius 2 is 1.91 bits per heavy atom. The molecule has 3 rings (SSSR count). The van der Waals surface area contributed by atoms with Crippen LogP contribution in [0.5, 0.6) is 5.75 Å². The van der Waals surface area contributed by atoms with Gasteiger partial charge in [-0.05, 0) is 68.7 Å². The summed E-state index contributed by atoms with van der Waals surface area (Å²) in [6.07, 6.45) is 5.84. The van der Waals surface area contributed by atoms with Crippen molar-refractivity contribution in [2.75, 3.05) is 33.5 Å². The van der Waals surface area contributed by atoms with E-state index in [9.17, 15) is 9.18 Å². The number of methoxy groups -OCH3 is 1. The largest absolute Gasteiger partial charge is 0.497 e. The number of benzene rings is 2. The van der Waals surface area contributed by atoms with Crippen LogP contribution in [-0.4, -0.2) is 45.8 Å². The van der Waals surface area contributed by atoms with Gasteiger partial charge in [-0.15, -0.1) is 0 Å². The first-order chi connectivity index (χ1) is 15.5. The summed E-state index contributed by atoms with van der Waals surface area (Å²) in [5, 5.41) is 6.51. The smallest absolute Gasteiger partial charge is 0.150 e. The predicted molar refractivity (Wildman–Crippen MR) is 135 cm³/mol. The Balaban J connectivity index is 0.000000646. The molecular weight excluding hydrogens is 425 g/mol. The summed E-state index contributed by atoms with van der Waals surface area (Å²) in [5.41, 5.74) is 7.98. The number of hydrogen-bond donors (Lipinski definition) is 4. The van der Waals surface area contributed by atoms with Crippen LogP contribution in [0.4, 0.5) is 4.39 Å². The van der Waals surface area contributed by atoms with Gasteiger partial charge in [0.15, 0.2) is 0 Å². The molecule has 2 aromatic rings. The van der Waals surface area contributed by atoms with Crippen molar-refractivity contribution in [3.63, 3.8) is 0 Å². The molecule has 4 N–H and O–H groups in total. The van der Waals surface area contributed by atoms with Gasteiger partial charge < -0.3 is 21.1 Å². The first-order valence-corrected chi connectivity index (χ1v) is 11.8. The molecule has 0 aromatic heterocycles. The average molecular weight is 464 g/mol. The van der Waals surface area contributed by atoms with E-state index < -0.39 is 0 Å². The lowest BCUT2D eigenvalue weighted by atomic mass is 9.96. The van der Waals surface area contributed by atoms with Crippen LogP contribution in [0.2, 0.25) is 0 Å². The number of halogens is 1. The highest BCUT2D eigenvalue weighted by Gasteiger charge is 2.27. The van der Waals surface area contributed by atoms with Gasteiger partial charge in [0.1, 0.15) is 17.9 Å². The number of rotatable bonds is 8. The number of likely N-dealkylation sites (N-methyl/N-ethyl adjacent to an activating group) is 1. The summed E-state index contributed by atoms with van der Waals surface area (Å²) < 4.78 is 18.9. The van der Waals surface area contributed by atoms with Crippen molar-refractivity contribution in [3.8, 4) is 5.75 Å². The van der Waals surface area contributed by atoms with Crippen molar-refractivity contribution >= 4 is 18.9 Å². The van der Waals surface area contributed by atoms with Gasteiger partial charge >= 0.3 is 0 Å². The number of carbonyl (C=O) groups is 1. The SMILES string of the molecule is CNCCN.COc1cc(F)cc(C(C)NC2CCC(c3ccc(C=O)cc3)C2)c1.CS. The van der Waals surface area contributed by atoms with Crippen molar-refractivity contribution in [2.45, 2.75) is 44.2 Å². The van der Waals surface area contributed by atoms with Crippen LogP contribution in [0.3, 0.4) is 0 Å². The quantitative estimate of drug-likeness (QED) is 0.346. The van der Waals surface area contributed by atoms with Crippen molar-refractivity contribution in [3.05, 3.63) is 65.0 Å². The van der Waals surface area contributed by atoms with Crippen LogP contribution < -0.4 is 21.1 Å². The maximum absolute atomic E-state index is 13.7. The van der Waals surface area contributed by atoms with E-state index >= 15 is 0 Å². The molecule has 1 saturated carbocycles. The summed E-state index contributed by atoms with van der Waals surface area (Å²) >= 11 is 3.53. The number of thiol groups is 1. The fraction of sp³-hybridized carbons (Fsp3) is 0.480. The minimum Gasteiger partial charge on any atom is -0.497 e. The van der Waals surface area contributed by atoms with Crippen LogP contribution in [0.25, 0.3) is 0 Å². The van der Waals surface area contributed by atoms with E-state index in [0.717, 1.165) is 44.2 Å². The van der Waals surface area contributed by atoms with Crippen molar-refractivity contribution in [1.82, 2.24) is 10.6 Å². The fourth-order valence-corrected chi connectivity index (χ4v) is 3.83. The molecule has 178 valence electrons. The molecule has 7 heteroatoms. The number of hydrogen-bond acceptors (Lipinski definition) is 6. The van der Waals surface area contributed by atoms with Gasteiger partial charge in [0.25, 0.3) is 0 Å². The van der Waals surface area contributed by atoms with Gasteiger partial charge in [-0.2, -0.15) is 12.6 Å². The second-order valence-corrected chi connectivity index (χ2v) is 7.70. The Bertz CT molecular complexity index is 787. The Hall–Kier alpha value is -1.93. The summed E-state index contributed by atoms with van der Waals surface area (Å²) in [6.45, 7) is 3.71. The zero-order valence-corrected chi connectivity index (χ0v) is 20.5. The van der Waals surface area contributed by atoms with E-state index in [4.69, 9.17) is 10.5 Å². The van der Waals surface area contributed by atoms with Gasteiger partial charge in [-0.25, -0.2) is 4.39 Å². The summed E-state index contributed by atoms with van der Waals surface area (Å²) in [7, 11) is 3.43. The third-order valence-corrected chi connectivity index (χ3v) is 5.49. The molecule has 0 aliphatic heterocycles. The highest BCUT2D eigenvalue weighted by molar-refractivity contribution is 7.79. The maximum Gasteiger partial charge on any atom is 0.150 e. The van der Waals surface area contributed by atoms with Crippen LogP contribution in [0.15, 0.2) is 42.5 Å². The molecule has 0 amide bonds. The van der Waals surface area contributed by atoms with Crippen molar-refractivity contribution in [2.24, 2.45) is 5.73 Å².